The Morgan fingerprint density at radius 3 is 2.35 bits per heavy atom. The summed E-state index contributed by atoms with van der Waals surface area (Å²) in [5.41, 5.74) is 8.63. The van der Waals surface area contributed by atoms with Crippen molar-refractivity contribution in [1.29, 1.82) is 0 Å². The quantitative estimate of drug-likeness (QED) is 0.502. The van der Waals surface area contributed by atoms with Crippen LogP contribution in [-0.2, 0) is 4.74 Å². The summed E-state index contributed by atoms with van der Waals surface area (Å²) in [7, 11) is 3.46. The summed E-state index contributed by atoms with van der Waals surface area (Å²) in [6.07, 6.45) is 10.1. The molecule has 3 rings (SSSR count). The SMILES string of the molecule is Cc1nc(/C(N)=C(\COC(=O)N(C)C2CCCC2)N(C)N)ccc1OC1CCCCC1. The van der Waals surface area contributed by atoms with E-state index in [-0.39, 0.29) is 24.8 Å². The van der Waals surface area contributed by atoms with Crippen LogP contribution >= 0.6 is 0 Å². The zero-order chi connectivity index (χ0) is 22.4. The van der Waals surface area contributed by atoms with Gasteiger partial charge in [-0.05, 0) is 57.6 Å². The first-order valence-electron chi connectivity index (χ1n) is 11.4. The Bertz CT molecular complexity index is 783. The van der Waals surface area contributed by atoms with Crippen LogP contribution in [0.1, 0.15) is 69.2 Å². The molecule has 0 spiro atoms. The first-order chi connectivity index (χ1) is 14.9. The molecule has 1 aromatic heterocycles. The summed E-state index contributed by atoms with van der Waals surface area (Å²) in [5.74, 6) is 6.78. The van der Waals surface area contributed by atoms with Gasteiger partial charge >= 0.3 is 6.09 Å². The lowest BCUT2D eigenvalue weighted by atomic mass is 9.98. The summed E-state index contributed by atoms with van der Waals surface area (Å²) in [5, 5.41) is 1.38. The van der Waals surface area contributed by atoms with Gasteiger partial charge in [-0.15, -0.1) is 0 Å². The Kier molecular flexibility index (Phi) is 8.01. The van der Waals surface area contributed by atoms with Crippen LogP contribution in [0.5, 0.6) is 5.75 Å². The number of carbonyl (C=O) groups is 1. The molecule has 2 fully saturated rings. The van der Waals surface area contributed by atoms with Crippen molar-refractivity contribution in [2.45, 2.75) is 76.9 Å². The van der Waals surface area contributed by atoms with Crippen molar-refractivity contribution in [3.05, 3.63) is 29.2 Å². The van der Waals surface area contributed by atoms with Crippen LogP contribution in [0.2, 0.25) is 0 Å². The second-order valence-electron chi connectivity index (χ2n) is 8.73. The van der Waals surface area contributed by atoms with Crippen LogP contribution in [0.15, 0.2) is 17.8 Å². The highest BCUT2D eigenvalue weighted by molar-refractivity contribution is 5.69. The first kappa shape index (κ1) is 23.2. The summed E-state index contributed by atoms with van der Waals surface area (Å²) in [6.45, 7) is 1.90. The van der Waals surface area contributed by atoms with Gasteiger partial charge in [-0.25, -0.2) is 15.6 Å². The van der Waals surface area contributed by atoms with E-state index in [1.807, 2.05) is 19.1 Å². The van der Waals surface area contributed by atoms with Gasteiger partial charge in [-0.3, -0.25) is 0 Å². The van der Waals surface area contributed by atoms with E-state index < -0.39 is 0 Å². The topological polar surface area (TPSA) is 107 Å². The normalized spacial score (nSPS) is 18.5. The van der Waals surface area contributed by atoms with Gasteiger partial charge in [0.05, 0.1) is 28.9 Å². The number of nitrogens with two attached hydrogens (primary N) is 2. The molecule has 0 bridgehead atoms. The third-order valence-corrected chi connectivity index (χ3v) is 6.39. The van der Waals surface area contributed by atoms with Gasteiger partial charge in [-0.2, -0.15) is 0 Å². The minimum atomic E-state index is -0.362. The van der Waals surface area contributed by atoms with Crippen LogP contribution in [0.3, 0.4) is 0 Å². The smallest absolute Gasteiger partial charge is 0.410 e. The van der Waals surface area contributed by atoms with E-state index >= 15 is 0 Å². The van der Waals surface area contributed by atoms with E-state index in [0.717, 1.165) is 50.0 Å². The maximum absolute atomic E-state index is 12.5. The van der Waals surface area contributed by atoms with Crippen molar-refractivity contribution in [3.8, 4) is 5.75 Å². The lowest BCUT2D eigenvalue weighted by Crippen LogP contribution is -2.37. The number of carbonyl (C=O) groups excluding carboxylic acids is 1. The molecule has 0 aliphatic heterocycles. The van der Waals surface area contributed by atoms with Crippen LogP contribution in [0.25, 0.3) is 5.70 Å². The monoisotopic (exact) mass is 431 g/mol. The third kappa shape index (κ3) is 6.03. The van der Waals surface area contributed by atoms with Crippen LogP contribution < -0.4 is 16.3 Å². The van der Waals surface area contributed by atoms with Crippen LogP contribution in [0, 0.1) is 6.92 Å². The van der Waals surface area contributed by atoms with E-state index in [4.69, 9.17) is 21.1 Å². The molecule has 1 heterocycles. The lowest BCUT2D eigenvalue weighted by molar-refractivity contribution is 0.0999. The average Bonchev–Trinajstić information content (AvgIpc) is 3.30. The number of aromatic nitrogens is 1. The summed E-state index contributed by atoms with van der Waals surface area (Å²) in [4.78, 5) is 18.8. The molecule has 1 aromatic rings. The highest BCUT2D eigenvalue weighted by atomic mass is 16.6. The maximum atomic E-state index is 12.5. The Hall–Kier alpha value is -2.48. The lowest BCUT2D eigenvalue weighted by Gasteiger charge is -2.25. The molecule has 2 saturated carbocycles. The fourth-order valence-corrected chi connectivity index (χ4v) is 4.38. The maximum Gasteiger partial charge on any atom is 0.410 e. The second-order valence-corrected chi connectivity index (χ2v) is 8.73. The second kappa shape index (κ2) is 10.7. The summed E-state index contributed by atoms with van der Waals surface area (Å²) in [6, 6.07) is 3.98. The minimum Gasteiger partial charge on any atom is -0.489 e. The molecule has 2 aliphatic rings. The third-order valence-electron chi connectivity index (χ3n) is 6.39. The first-order valence-corrected chi connectivity index (χ1v) is 11.4. The molecule has 2 aliphatic carbocycles. The number of hydrogen-bond donors (Lipinski definition) is 2. The summed E-state index contributed by atoms with van der Waals surface area (Å²) < 4.78 is 11.7. The van der Waals surface area contributed by atoms with Crippen molar-refractivity contribution < 1.29 is 14.3 Å². The molecule has 1 amide bonds. The molecule has 0 atom stereocenters. The Morgan fingerprint density at radius 2 is 1.74 bits per heavy atom. The fraction of sp³-hybridized carbons (Fsp3) is 0.652. The molecule has 8 heteroatoms. The molecule has 0 radical (unpaired) electrons. The van der Waals surface area contributed by atoms with Gasteiger partial charge in [-0.1, -0.05) is 19.3 Å². The molecule has 0 aromatic carbocycles. The molecule has 31 heavy (non-hydrogen) atoms. The number of amides is 1. The summed E-state index contributed by atoms with van der Waals surface area (Å²) >= 11 is 0. The number of hydrazine groups is 1. The predicted octanol–water partition coefficient (Wildman–Crippen LogP) is 3.55. The molecule has 172 valence electrons. The molecule has 8 nitrogen and oxygen atoms in total. The number of rotatable bonds is 7. The van der Waals surface area contributed by atoms with Crippen LogP contribution in [0.4, 0.5) is 4.79 Å². The van der Waals surface area contributed by atoms with Gasteiger partial charge < -0.3 is 25.1 Å². The highest BCUT2D eigenvalue weighted by Gasteiger charge is 2.25. The van der Waals surface area contributed by atoms with Crippen molar-refractivity contribution in [1.82, 2.24) is 14.9 Å². The molecule has 4 N–H and O–H groups in total. The van der Waals surface area contributed by atoms with E-state index in [2.05, 4.69) is 4.98 Å². The largest absolute Gasteiger partial charge is 0.489 e. The fourth-order valence-electron chi connectivity index (χ4n) is 4.38. The number of ether oxygens (including phenoxy) is 2. The van der Waals surface area contributed by atoms with E-state index in [1.54, 1.807) is 19.0 Å². The Balaban J connectivity index is 1.68. The van der Waals surface area contributed by atoms with Gasteiger partial charge in [0.2, 0.25) is 0 Å². The van der Waals surface area contributed by atoms with E-state index in [0.29, 0.717) is 17.1 Å². The number of hydrogen-bond acceptors (Lipinski definition) is 7. The van der Waals surface area contributed by atoms with Crippen molar-refractivity contribution in [3.63, 3.8) is 0 Å². The van der Waals surface area contributed by atoms with Crippen molar-refractivity contribution >= 4 is 11.8 Å². The van der Waals surface area contributed by atoms with Crippen LogP contribution in [-0.4, -0.2) is 53.8 Å². The zero-order valence-corrected chi connectivity index (χ0v) is 19.1. The minimum absolute atomic E-state index is 0.0181. The van der Waals surface area contributed by atoms with Gasteiger partial charge in [0.15, 0.2) is 0 Å². The average molecular weight is 432 g/mol. The number of likely N-dealkylation sites (N-methyl/N-ethyl adjacent to an activating group) is 1. The van der Waals surface area contributed by atoms with Gasteiger partial charge in [0.25, 0.3) is 0 Å². The van der Waals surface area contributed by atoms with Crippen molar-refractivity contribution in [2.75, 3.05) is 20.7 Å². The number of aryl methyl sites for hydroxylation is 1. The highest BCUT2D eigenvalue weighted by Crippen LogP contribution is 2.27. The zero-order valence-electron chi connectivity index (χ0n) is 19.1. The Labute approximate surface area is 185 Å². The van der Waals surface area contributed by atoms with Gasteiger partial charge in [0, 0.05) is 20.1 Å². The number of nitrogens with zero attached hydrogens (tertiary/aromatic N) is 3. The Morgan fingerprint density at radius 1 is 1.10 bits per heavy atom. The van der Waals surface area contributed by atoms with E-state index in [1.165, 1.54) is 24.3 Å². The van der Waals surface area contributed by atoms with Crippen molar-refractivity contribution in [2.24, 2.45) is 11.6 Å². The molecular weight excluding hydrogens is 394 g/mol. The van der Waals surface area contributed by atoms with E-state index in [9.17, 15) is 4.79 Å². The standard InChI is InChI=1S/C23H37N5O3/c1-16-21(31-18-11-5-4-6-12-18)14-13-19(26-16)22(24)20(28(3)25)15-30-23(29)27(2)17-9-7-8-10-17/h13-14,17-18H,4-12,15,24-25H2,1-3H3/b22-20-. The predicted molar refractivity (Wildman–Crippen MR) is 121 cm³/mol. The van der Waals surface area contributed by atoms with Gasteiger partial charge in [0.1, 0.15) is 12.4 Å². The molecule has 0 saturated heterocycles. The molecular formula is C23H37N5O3. The number of pyridine rings is 1. The molecule has 0 unspecified atom stereocenters.